The van der Waals surface area contributed by atoms with Crippen LogP contribution in [-0.2, 0) is 6.54 Å². The van der Waals surface area contributed by atoms with E-state index in [0.717, 1.165) is 5.75 Å². The third-order valence-corrected chi connectivity index (χ3v) is 4.25. The van der Waals surface area contributed by atoms with Gasteiger partial charge in [-0.25, -0.2) is 9.37 Å². The first-order chi connectivity index (χ1) is 12.0. The Kier molecular flexibility index (Phi) is 4.83. The fourth-order valence-electron chi connectivity index (χ4n) is 2.94. The van der Waals surface area contributed by atoms with Crippen LogP contribution in [0.4, 0.5) is 4.39 Å². The van der Waals surface area contributed by atoms with Gasteiger partial charge < -0.3 is 4.74 Å². The summed E-state index contributed by atoms with van der Waals surface area (Å²) in [4.78, 5) is 16.5. The minimum atomic E-state index is -0.402. The monoisotopic (exact) mass is 340 g/mol. The van der Waals surface area contributed by atoms with Crippen LogP contribution in [0.15, 0.2) is 47.5 Å². The van der Waals surface area contributed by atoms with Gasteiger partial charge in [0.15, 0.2) is 0 Å². The number of rotatable bonds is 5. The molecule has 0 saturated carbocycles. The molecular formula is C20H21FN2O2. The zero-order valence-corrected chi connectivity index (χ0v) is 14.6. The van der Waals surface area contributed by atoms with Gasteiger partial charge in [-0.2, -0.15) is 0 Å². The Morgan fingerprint density at radius 1 is 1.20 bits per heavy atom. The molecule has 0 unspecified atom stereocenters. The van der Waals surface area contributed by atoms with Crippen molar-refractivity contribution in [2.45, 2.75) is 33.2 Å². The zero-order chi connectivity index (χ0) is 18.0. The Hall–Kier alpha value is -2.69. The summed E-state index contributed by atoms with van der Waals surface area (Å²) >= 11 is 0. The first-order valence-electron chi connectivity index (χ1n) is 8.34. The average Bonchev–Trinajstić information content (AvgIpc) is 2.56. The molecule has 3 rings (SSSR count). The van der Waals surface area contributed by atoms with Crippen LogP contribution in [0.1, 0.15) is 30.9 Å². The van der Waals surface area contributed by atoms with Gasteiger partial charge in [0.25, 0.3) is 5.56 Å². The van der Waals surface area contributed by atoms with Crippen molar-refractivity contribution in [3.63, 3.8) is 0 Å². The minimum Gasteiger partial charge on any atom is -0.492 e. The molecule has 0 fully saturated rings. The molecule has 3 aromatic rings. The molecule has 0 atom stereocenters. The van der Waals surface area contributed by atoms with Crippen LogP contribution in [0.25, 0.3) is 10.9 Å². The highest BCUT2D eigenvalue weighted by molar-refractivity contribution is 5.77. The maximum Gasteiger partial charge on any atom is 0.261 e. The number of fused-ring (bicyclic) bond motifs is 1. The van der Waals surface area contributed by atoms with Crippen molar-refractivity contribution >= 4 is 10.9 Å². The number of ether oxygens (including phenoxy) is 1. The van der Waals surface area contributed by atoms with Gasteiger partial charge in [-0.05, 0) is 48.2 Å². The summed E-state index contributed by atoms with van der Waals surface area (Å²) in [5.41, 5.74) is 2.66. The van der Waals surface area contributed by atoms with Crippen LogP contribution in [0, 0.1) is 12.7 Å². The second-order valence-corrected chi connectivity index (χ2v) is 6.43. The van der Waals surface area contributed by atoms with Gasteiger partial charge in [-0.15, -0.1) is 0 Å². The van der Waals surface area contributed by atoms with Gasteiger partial charge in [0, 0.05) is 6.07 Å². The van der Waals surface area contributed by atoms with Crippen LogP contribution in [0.3, 0.4) is 0 Å². The highest BCUT2D eigenvalue weighted by Crippen LogP contribution is 2.23. The lowest BCUT2D eigenvalue weighted by atomic mass is 9.98. The van der Waals surface area contributed by atoms with Crippen molar-refractivity contribution in [3.8, 4) is 5.75 Å². The van der Waals surface area contributed by atoms with Crippen molar-refractivity contribution in [3.05, 3.63) is 70.0 Å². The number of hydrogen-bond acceptors (Lipinski definition) is 3. The van der Waals surface area contributed by atoms with E-state index in [4.69, 9.17) is 4.74 Å². The molecule has 0 aliphatic rings. The van der Waals surface area contributed by atoms with Crippen LogP contribution in [0.2, 0.25) is 0 Å². The lowest BCUT2D eigenvalue weighted by Crippen LogP contribution is -2.23. The number of hydrogen-bond donors (Lipinski definition) is 0. The summed E-state index contributed by atoms with van der Waals surface area (Å²) in [6.07, 6.45) is 1.43. The number of benzene rings is 2. The Labute approximate surface area is 145 Å². The second kappa shape index (κ2) is 7.05. The maximum atomic E-state index is 13.2. The number of aromatic nitrogens is 2. The SMILES string of the molecule is Cc1cc(OCCn2cnc3cc(F)ccc3c2=O)ccc1C(C)C. The molecule has 2 aromatic carbocycles. The predicted molar refractivity (Wildman–Crippen MR) is 96.7 cm³/mol. The van der Waals surface area contributed by atoms with E-state index in [1.54, 1.807) is 0 Å². The van der Waals surface area contributed by atoms with Crippen molar-refractivity contribution in [1.29, 1.82) is 0 Å². The first kappa shape index (κ1) is 17.1. The second-order valence-electron chi connectivity index (χ2n) is 6.43. The summed E-state index contributed by atoms with van der Waals surface area (Å²) in [6.45, 7) is 7.12. The first-order valence-corrected chi connectivity index (χ1v) is 8.34. The highest BCUT2D eigenvalue weighted by Gasteiger charge is 2.07. The standard InChI is InChI=1S/C20H21FN2O2/c1-13(2)17-7-5-16(10-14(17)3)25-9-8-23-12-22-19-11-15(21)4-6-18(19)20(23)24/h4-7,10-13H,8-9H2,1-3H3. The summed E-state index contributed by atoms with van der Waals surface area (Å²) in [6, 6.07) is 10.0. The molecule has 5 heteroatoms. The molecule has 1 heterocycles. The molecule has 0 bridgehead atoms. The van der Waals surface area contributed by atoms with Gasteiger partial charge in [-0.3, -0.25) is 9.36 Å². The zero-order valence-electron chi connectivity index (χ0n) is 14.6. The van der Waals surface area contributed by atoms with E-state index in [2.05, 4.69) is 31.8 Å². The predicted octanol–water partition coefficient (Wildman–Crippen LogP) is 4.05. The molecule has 0 aliphatic heterocycles. The topological polar surface area (TPSA) is 44.1 Å². The van der Waals surface area contributed by atoms with Crippen molar-refractivity contribution in [2.75, 3.05) is 6.61 Å². The van der Waals surface area contributed by atoms with Crippen molar-refractivity contribution in [1.82, 2.24) is 9.55 Å². The molecule has 0 radical (unpaired) electrons. The third kappa shape index (κ3) is 3.71. The maximum absolute atomic E-state index is 13.2. The quantitative estimate of drug-likeness (QED) is 0.704. The fraction of sp³-hybridized carbons (Fsp3) is 0.300. The molecule has 130 valence electrons. The van der Waals surface area contributed by atoms with Crippen molar-refractivity contribution < 1.29 is 9.13 Å². The van der Waals surface area contributed by atoms with E-state index in [1.165, 1.54) is 40.2 Å². The molecular weight excluding hydrogens is 319 g/mol. The van der Waals surface area contributed by atoms with Crippen LogP contribution in [-0.4, -0.2) is 16.2 Å². The molecule has 4 nitrogen and oxygen atoms in total. The van der Waals surface area contributed by atoms with Gasteiger partial charge in [0.1, 0.15) is 18.2 Å². The molecule has 0 spiro atoms. The smallest absolute Gasteiger partial charge is 0.261 e. The van der Waals surface area contributed by atoms with E-state index < -0.39 is 5.82 Å². The number of halogens is 1. The Morgan fingerprint density at radius 2 is 2.00 bits per heavy atom. The third-order valence-electron chi connectivity index (χ3n) is 4.25. The van der Waals surface area contributed by atoms with Crippen LogP contribution >= 0.6 is 0 Å². The van der Waals surface area contributed by atoms with E-state index in [-0.39, 0.29) is 5.56 Å². The Bertz CT molecular complexity index is 964. The molecule has 0 saturated heterocycles. The average molecular weight is 340 g/mol. The van der Waals surface area contributed by atoms with Gasteiger partial charge in [0.2, 0.25) is 0 Å². The van der Waals surface area contributed by atoms with Gasteiger partial charge >= 0.3 is 0 Å². The fourth-order valence-corrected chi connectivity index (χ4v) is 2.94. The highest BCUT2D eigenvalue weighted by atomic mass is 19.1. The molecule has 0 aliphatic carbocycles. The Morgan fingerprint density at radius 3 is 2.72 bits per heavy atom. The van der Waals surface area contributed by atoms with Crippen LogP contribution < -0.4 is 10.3 Å². The van der Waals surface area contributed by atoms with E-state index >= 15 is 0 Å². The van der Waals surface area contributed by atoms with E-state index in [9.17, 15) is 9.18 Å². The molecule has 0 amide bonds. The van der Waals surface area contributed by atoms with Gasteiger partial charge in [0.05, 0.1) is 23.8 Å². The summed E-state index contributed by atoms with van der Waals surface area (Å²) in [5.74, 6) is 0.854. The van der Waals surface area contributed by atoms with Crippen molar-refractivity contribution in [2.24, 2.45) is 0 Å². The molecule has 1 aromatic heterocycles. The summed E-state index contributed by atoms with van der Waals surface area (Å²) in [7, 11) is 0. The number of aryl methyl sites for hydroxylation is 1. The number of nitrogens with zero attached hydrogens (tertiary/aromatic N) is 2. The molecule has 25 heavy (non-hydrogen) atoms. The summed E-state index contributed by atoms with van der Waals surface area (Å²) < 4.78 is 20.4. The normalized spacial score (nSPS) is 11.2. The summed E-state index contributed by atoms with van der Waals surface area (Å²) in [5, 5.41) is 0.404. The molecule has 0 N–H and O–H groups in total. The van der Waals surface area contributed by atoms with E-state index in [0.29, 0.717) is 30.0 Å². The minimum absolute atomic E-state index is 0.195. The Balaban J connectivity index is 1.71. The lowest BCUT2D eigenvalue weighted by molar-refractivity contribution is 0.295. The lowest BCUT2D eigenvalue weighted by Gasteiger charge is -2.13. The van der Waals surface area contributed by atoms with E-state index in [1.807, 2.05) is 12.1 Å². The van der Waals surface area contributed by atoms with Crippen LogP contribution in [0.5, 0.6) is 5.75 Å². The largest absolute Gasteiger partial charge is 0.492 e. The van der Waals surface area contributed by atoms with Gasteiger partial charge in [-0.1, -0.05) is 19.9 Å².